The first-order chi connectivity index (χ1) is 8.24. The summed E-state index contributed by atoms with van der Waals surface area (Å²) in [6, 6.07) is -0.704. The standard InChI is InChI=1S/C11H17F3N2O2/c1-2-8(10(15)18)16-4-3-7(5-9(16)17)6-11(12,13)14/h7-8H,2-6H2,1H3,(H2,15,18). The van der Waals surface area contributed by atoms with Gasteiger partial charge in [-0.2, -0.15) is 13.2 Å². The van der Waals surface area contributed by atoms with Crippen molar-refractivity contribution in [1.29, 1.82) is 0 Å². The van der Waals surface area contributed by atoms with E-state index in [2.05, 4.69) is 0 Å². The molecule has 0 saturated carbocycles. The summed E-state index contributed by atoms with van der Waals surface area (Å²) in [5, 5.41) is 0. The van der Waals surface area contributed by atoms with Gasteiger partial charge in [0.15, 0.2) is 0 Å². The number of amides is 2. The van der Waals surface area contributed by atoms with Crippen molar-refractivity contribution in [3.63, 3.8) is 0 Å². The molecular formula is C11H17F3N2O2. The van der Waals surface area contributed by atoms with Crippen molar-refractivity contribution in [2.45, 2.75) is 44.8 Å². The third kappa shape index (κ3) is 3.89. The third-order valence-corrected chi connectivity index (χ3v) is 3.17. The topological polar surface area (TPSA) is 63.4 Å². The second-order valence-corrected chi connectivity index (χ2v) is 4.59. The molecule has 2 unspecified atom stereocenters. The van der Waals surface area contributed by atoms with E-state index in [-0.39, 0.29) is 19.4 Å². The van der Waals surface area contributed by atoms with Gasteiger partial charge in [0.25, 0.3) is 0 Å². The van der Waals surface area contributed by atoms with Gasteiger partial charge in [-0.1, -0.05) is 6.92 Å². The molecule has 0 aliphatic carbocycles. The van der Waals surface area contributed by atoms with E-state index in [1.807, 2.05) is 0 Å². The van der Waals surface area contributed by atoms with Crippen LogP contribution in [0.5, 0.6) is 0 Å². The van der Waals surface area contributed by atoms with Crippen LogP contribution in [0.3, 0.4) is 0 Å². The van der Waals surface area contributed by atoms with Gasteiger partial charge in [-0.15, -0.1) is 0 Å². The predicted molar refractivity (Wildman–Crippen MR) is 58.4 cm³/mol. The fourth-order valence-electron chi connectivity index (χ4n) is 2.32. The van der Waals surface area contributed by atoms with Gasteiger partial charge < -0.3 is 10.6 Å². The number of halogens is 3. The molecule has 18 heavy (non-hydrogen) atoms. The highest BCUT2D eigenvalue weighted by Gasteiger charge is 2.38. The number of nitrogens with zero attached hydrogens (tertiary/aromatic N) is 1. The van der Waals surface area contributed by atoms with E-state index in [0.717, 1.165) is 0 Å². The van der Waals surface area contributed by atoms with Gasteiger partial charge in [-0.3, -0.25) is 9.59 Å². The largest absolute Gasteiger partial charge is 0.389 e. The second-order valence-electron chi connectivity index (χ2n) is 4.59. The van der Waals surface area contributed by atoms with Gasteiger partial charge in [0.05, 0.1) is 0 Å². The van der Waals surface area contributed by atoms with E-state index >= 15 is 0 Å². The van der Waals surface area contributed by atoms with Crippen LogP contribution in [0.1, 0.15) is 32.6 Å². The Morgan fingerprint density at radius 2 is 2.17 bits per heavy atom. The molecule has 0 aromatic rings. The first-order valence-corrected chi connectivity index (χ1v) is 5.90. The Labute approximate surface area is 103 Å². The third-order valence-electron chi connectivity index (χ3n) is 3.17. The zero-order valence-corrected chi connectivity index (χ0v) is 10.2. The van der Waals surface area contributed by atoms with Gasteiger partial charge in [-0.05, 0) is 18.8 Å². The molecule has 4 nitrogen and oxygen atoms in total. The van der Waals surface area contributed by atoms with Gasteiger partial charge >= 0.3 is 6.18 Å². The quantitative estimate of drug-likeness (QED) is 0.836. The maximum Gasteiger partial charge on any atom is 0.389 e. The normalized spacial score (nSPS) is 23.0. The Morgan fingerprint density at radius 1 is 1.56 bits per heavy atom. The number of carbonyl (C=O) groups excluding carboxylic acids is 2. The minimum atomic E-state index is -4.25. The monoisotopic (exact) mass is 266 g/mol. The van der Waals surface area contributed by atoms with Gasteiger partial charge in [0.2, 0.25) is 11.8 Å². The van der Waals surface area contributed by atoms with Crippen LogP contribution in [0.25, 0.3) is 0 Å². The fourth-order valence-corrected chi connectivity index (χ4v) is 2.32. The van der Waals surface area contributed by atoms with Crippen LogP contribution >= 0.6 is 0 Å². The molecule has 7 heteroatoms. The first-order valence-electron chi connectivity index (χ1n) is 5.90. The number of likely N-dealkylation sites (tertiary alicyclic amines) is 1. The lowest BCUT2D eigenvalue weighted by Crippen LogP contribution is -2.51. The molecule has 1 rings (SSSR count). The summed E-state index contributed by atoms with van der Waals surface area (Å²) in [5.41, 5.74) is 5.16. The number of rotatable bonds is 4. The van der Waals surface area contributed by atoms with Gasteiger partial charge in [-0.25, -0.2) is 0 Å². The lowest BCUT2D eigenvalue weighted by molar-refractivity contribution is -0.156. The van der Waals surface area contributed by atoms with Crippen LogP contribution in [0.2, 0.25) is 0 Å². The minimum Gasteiger partial charge on any atom is -0.368 e. The number of hydrogen-bond donors (Lipinski definition) is 1. The zero-order valence-electron chi connectivity index (χ0n) is 10.2. The molecule has 1 fully saturated rings. The summed E-state index contributed by atoms with van der Waals surface area (Å²) in [6.07, 6.45) is -4.72. The zero-order chi connectivity index (χ0) is 13.9. The highest BCUT2D eigenvalue weighted by atomic mass is 19.4. The molecule has 0 bridgehead atoms. The average Bonchev–Trinajstić information content (AvgIpc) is 2.19. The summed E-state index contributed by atoms with van der Waals surface area (Å²) in [4.78, 5) is 24.2. The number of alkyl halides is 3. The van der Waals surface area contributed by atoms with Crippen molar-refractivity contribution >= 4 is 11.8 Å². The minimum absolute atomic E-state index is 0.163. The van der Waals surface area contributed by atoms with Crippen LogP contribution in [0, 0.1) is 5.92 Å². The van der Waals surface area contributed by atoms with Crippen molar-refractivity contribution in [3.8, 4) is 0 Å². The van der Waals surface area contributed by atoms with Crippen LogP contribution in [0.15, 0.2) is 0 Å². The van der Waals surface area contributed by atoms with E-state index in [1.165, 1.54) is 4.90 Å². The van der Waals surface area contributed by atoms with E-state index < -0.39 is 36.4 Å². The molecule has 0 aromatic heterocycles. The van der Waals surface area contributed by atoms with Crippen molar-refractivity contribution in [2.75, 3.05) is 6.54 Å². The van der Waals surface area contributed by atoms with Crippen molar-refractivity contribution in [3.05, 3.63) is 0 Å². The Hall–Kier alpha value is -1.27. The molecule has 0 spiro atoms. The molecule has 1 aliphatic rings. The lowest BCUT2D eigenvalue weighted by atomic mass is 9.91. The molecule has 104 valence electrons. The van der Waals surface area contributed by atoms with Gasteiger partial charge in [0, 0.05) is 19.4 Å². The van der Waals surface area contributed by atoms with E-state index in [9.17, 15) is 22.8 Å². The molecule has 0 aromatic carbocycles. The molecule has 2 amide bonds. The molecule has 0 radical (unpaired) electrons. The van der Waals surface area contributed by atoms with E-state index in [4.69, 9.17) is 5.73 Å². The summed E-state index contributed by atoms with van der Waals surface area (Å²) < 4.78 is 36.7. The van der Waals surface area contributed by atoms with Crippen molar-refractivity contribution in [1.82, 2.24) is 4.90 Å². The number of piperidine rings is 1. The van der Waals surface area contributed by atoms with Crippen LogP contribution < -0.4 is 5.73 Å². The summed E-state index contributed by atoms with van der Waals surface area (Å²) >= 11 is 0. The van der Waals surface area contributed by atoms with Crippen molar-refractivity contribution in [2.24, 2.45) is 11.7 Å². The predicted octanol–water partition coefficient (Wildman–Crippen LogP) is 1.44. The molecule has 1 heterocycles. The Kier molecular flexibility index (Phi) is 4.59. The molecule has 2 N–H and O–H groups in total. The summed E-state index contributed by atoms with van der Waals surface area (Å²) in [7, 11) is 0. The SMILES string of the molecule is CCC(C(N)=O)N1CCC(CC(F)(F)F)CC1=O. The maximum absolute atomic E-state index is 12.2. The van der Waals surface area contributed by atoms with E-state index in [0.29, 0.717) is 6.42 Å². The van der Waals surface area contributed by atoms with Crippen molar-refractivity contribution < 1.29 is 22.8 Å². The lowest BCUT2D eigenvalue weighted by Gasteiger charge is -2.35. The molecule has 2 atom stereocenters. The summed E-state index contributed by atoms with van der Waals surface area (Å²) in [6.45, 7) is 1.88. The average molecular weight is 266 g/mol. The highest BCUT2D eigenvalue weighted by molar-refractivity contribution is 5.87. The number of nitrogens with two attached hydrogens (primary N) is 1. The van der Waals surface area contributed by atoms with Crippen LogP contribution in [-0.4, -0.2) is 35.5 Å². The van der Waals surface area contributed by atoms with Crippen LogP contribution in [-0.2, 0) is 9.59 Å². The first kappa shape index (κ1) is 14.8. The van der Waals surface area contributed by atoms with Crippen LogP contribution in [0.4, 0.5) is 13.2 Å². The maximum atomic E-state index is 12.2. The Morgan fingerprint density at radius 3 is 2.56 bits per heavy atom. The molecular weight excluding hydrogens is 249 g/mol. The Balaban J connectivity index is 2.61. The summed E-state index contributed by atoms with van der Waals surface area (Å²) in [5.74, 6) is -1.71. The molecule has 1 aliphatic heterocycles. The van der Waals surface area contributed by atoms with E-state index in [1.54, 1.807) is 6.92 Å². The number of primary amides is 1. The smallest absolute Gasteiger partial charge is 0.368 e. The van der Waals surface area contributed by atoms with Gasteiger partial charge in [0.1, 0.15) is 6.04 Å². The second kappa shape index (κ2) is 5.58. The fraction of sp³-hybridized carbons (Fsp3) is 0.818. The number of carbonyl (C=O) groups is 2. The Bertz CT molecular complexity index is 331. The molecule has 1 saturated heterocycles. The number of hydrogen-bond acceptors (Lipinski definition) is 2. The highest BCUT2D eigenvalue weighted by Crippen LogP contribution is 2.32.